The van der Waals surface area contributed by atoms with E-state index in [4.69, 9.17) is 16.3 Å². The topological polar surface area (TPSA) is 49.9 Å². The lowest BCUT2D eigenvalue weighted by Gasteiger charge is -2.41. The summed E-state index contributed by atoms with van der Waals surface area (Å²) < 4.78 is 35.1. The Morgan fingerprint density at radius 1 is 1.07 bits per heavy atom. The molecule has 1 saturated heterocycles. The van der Waals surface area contributed by atoms with Gasteiger partial charge in [0.25, 0.3) is 10.0 Å². The Morgan fingerprint density at radius 2 is 1.86 bits per heavy atom. The zero-order chi connectivity index (χ0) is 20.0. The number of sulfonamides is 1. The number of rotatable bonds is 3. The molecule has 2 aromatic carbocycles. The minimum Gasteiger partial charge on any atom is -0.356 e. The number of piperidine rings is 1. The van der Waals surface area contributed by atoms with Gasteiger partial charge in [-0.1, -0.05) is 29.8 Å². The molecule has 0 saturated carbocycles. The molecular weight excluding hydrogens is 428 g/mol. The minimum absolute atomic E-state index is 0.254. The Labute approximate surface area is 179 Å². The summed E-state index contributed by atoms with van der Waals surface area (Å²) >= 11 is 7.47. The molecule has 0 aliphatic carbocycles. The third-order valence-corrected chi connectivity index (χ3v) is 9.40. The molecule has 0 spiro atoms. The highest BCUT2D eigenvalue weighted by molar-refractivity contribution is 7.91. The molecule has 0 amide bonds. The standard InChI is InChI=1S/C21H21ClN2O3S2/c22-17-5-6-19-16(11-17)13-27-14-24(19)18-7-9-23(10-8-18)29(25,26)21-12-15-3-1-2-4-20(15)28-21/h1-6,11-12,18H,7-10,13-14H2. The molecule has 0 radical (unpaired) electrons. The van der Waals surface area contributed by atoms with Gasteiger partial charge in [0.05, 0.1) is 6.61 Å². The van der Waals surface area contributed by atoms with E-state index in [2.05, 4.69) is 4.90 Å². The van der Waals surface area contributed by atoms with Crippen molar-refractivity contribution >= 4 is 48.7 Å². The number of halogens is 1. The predicted octanol–water partition coefficient (Wildman–Crippen LogP) is 4.70. The van der Waals surface area contributed by atoms with Crippen LogP contribution in [-0.2, 0) is 21.4 Å². The van der Waals surface area contributed by atoms with E-state index < -0.39 is 10.0 Å². The van der Waals surface area contributed by atoms with E-state index in [0.717, 1.165) is 34.2 Å². The molecule has 152 valence electrons. The number of fused-ring (bicyclic) bond motifs is 2. The van der Waals surface area contributed by atoms with E-state index in [-0.39, 0.29) is 6.04 Å². The summed E-state index contributed by atoms with van der Waals surface area (Å²) in [5.41, 5.74) is 2.23. The highest BCUT2D eigenvalue weighted by Gasteiger charge is 2.34. The van der Waals surface area contributed by atoms with E-state index in [1.54, 1.807) is 10.4 Å². The Bertz CT molecular complexity index is 1120. The molecule has 0 atom stereocenters. The van der Waals surface area contributed by atoms with E-state index in [1.165, 1.54) is 11.3 Å². The van der Waals surface area contributed by atoms with Crippen molar-refractivity contribution in [3.63, 3.8) is 0 Å². The molecule has 0 unspecified atom stereocenters. The molecule has 0 N–H and O–H groups in total. The van der Waals surface area contributed by atoms with Crippen molar-refractivity contribution in [1.29, 1.82) is 0 Å². The number of benzene rings is 2. The maximum atomic E-state index is 13.2. The maximum absolute atomic E-state index is 13.2. The van der Waals surface area contributed by atoms with Gasteiger partial charge in [-0.2, -0.15) is 4.31 Å². The summed E-state index contributed by atoms with van der Waals surface area (Å²) in [6.45, 7) is 2.12. The lowest BCUT2D eigenvalue weighted by Crippen LogP contribution is -2.48. The largest absolute Gasteiger partial charge is 0.356 e. The van der Waals surface area contributed by atoms with Gasteiger partial charge in [-0.3, -0.25) is 0 Å². The summed E-state index contributed by atoms with van der Waals surface area (Å²) in [6.07, 6.45) is 1.55. The van der Waals surface area contributed by atoms with Crippen LogP contribution in [0.1, 0.15) is 18.4 Å². The van der Waals surface area contributed by atoms with Crippen molar-refractivity contribution in [2.24, 2.45) is 0 Å². The maximum Gasteiger partial charge on any atom is 0.252 e. The van der Waals surface area contributed by atoms with Crippen LogP contribution < -0.4 is 4.90 Å². The van der Waals surface area contributed by atoms with Gasteiger partial charge in [-0.15, -0.1) is 11.3 Å². The van der Waals surface area contributed by atoms with Crippen molar-refractivity contribution in [3.05, 3.63) is 59.1 Å². The summed E-state index contributed by atoms with van der Waals surface area (Å²) in [5, 5.41) is 1.69. The Morgan fingerprint density at radius 3 is 2.66 bits per heavy atom. The quantitative estimate of drug-likeness (QED) is 0.582. The van der Waals surface area contributed by atoms with Gasteiger partial charge < -0.3 is 9.64 Å². The molecule has 1 aromatic heterocycles. The summed E-state index contributed by atoms with van der Waals surface area (Å²) in [6, 6.07) is 15.7. The number of thiophene rings is 1. The molecule has 2 aliphatic rings. The second-order valence-corrected chi connectivity index (χ2v) is 11.1. The molecule has 2 aliphatic heterocycles. The molecule has 0 bridgehead atoms. The number of anilines is 1. The first-order valence-corrected chi connectivity index (χ1v) is 12.3. The fourth-order valence-electron chi connectivity index (χ4n) is 4.18. The minimum atomic E-state index is -3.46. The highest BCUT2D eigenvalue weighted by atomic mass is 35.5. The van der Waals surface area contributed by atoms with Crippen molar-refractivity contribution in [1.82, 2.24) is 4.31 Å². The second kappa shape index (κ2) is 7.56. The second-order valence-electron chi connectivity index (χ2n) is 7.46. The molecule has 3 aromatic rings. The van der Waals surface area contributed by atoms with Crippen LogP contribution in [0.3, 0.4) is 0 Å². The fourth-order valence-corrected chi connectivity index (χ4v) is 7.40. The third kappa shape index (κ3) is 3.55. The van der Waals surface area contributed by atoms with Crippen molar-refractivity contribution in [2.75, 3.05) is 24.7 Å². The van der Waals surface area contributed by atoms with Gasteiger partial charge in [0.15, 0.2) is 0 Å². The van der Waals surface area contributed by atoms with Gasteiger partial charge in [0, 0.05) is 40.1 Å². The van der Waals surface area contributed by atoms with Crippen LogP contribution in [0.25, 0.3) is 10.1 Å². The van der Waals surface area contributed by atoms with Gasteiger partial charge in [-0.05, 0) is 48.6 Å². The predicted molar refractivity (Wildman–Crippen MR) is 117 cm³/mol. The lowest BCUT2D eigenvalue weighted by molar-refractivity contribution is 0.0988. The zero-order valence-corrected chi connectivity index (χ0v) is 18.1. The number of hydrogen-bond acceptors (Lipinski definition) is 5. The Hall–Kier alpha value is -1.64. The average molecular weight is 449 g/mol. The number of hydrogen-bond donors (Lipinski definition) is 0. The summed E-state index contributed by atoms with van der Waals surface area (Å²) in [7, 11) is -3.46. The first-order chi connectivity index (χ1) is 14.0. The van der Waals surface area contributed by atoms with Crippen LogP contribution in [0.4, 0.5) is 5.69 Å². The first kappa shape index (κ1) is 19.3. The molecule has 5 nitrogen and oxygen atoms in total. The molecule has 3 heterocycles. The molecule has 29 heavy (non-hydrogen) atoms. The van der Waals surface area contributed by atoms with Gasteiger partial charge in [0.1, 0.15) is 10.9 Å². The van der Waals surface area contributed by atoms with Crippen LogP contribution in [-0.4, -0.2) is 38.6 Å². The summed E-state index contributed by atoms with van der Waals surface area (Å²) in [4.78, 5) is 2.25. The zero-order valence-electron chi connectivity index (χ0n) is 15.8. The molecule has 8 heteroatoms. The van der Waals surface area contributed by atoms with Crippen molar-refractivity contribution in [3.8, 4) is 0 Å². The Kier molecular flexibility index (Phi) is 5.04. The number of ether oxygens (including phenoxy) is 1. The molecule has 5 rings (SSSR count). The van der Waals surface area contributed by atoms with Gasteiger partial charge in [0.2, 0.25) is 0 Å². The lowest BCUT2D eigenvalue weighted by atomic mass is 10.0. The van der Waals surface area contributed by atoms with E-state index >= 15 is 0 Å². The molecule has 1 fully saturated rings. The normalized spacial score (nSPS) is 18.9. The smallest absolute Gasteiger partial charge is 0.252 e. The SMILES string of the molecule is O=S(=O)(c1cc2ccccc2s1)N1CCC(N2COCc3cc(Cl)ccc32)CC1. The third-order valence-electron chi connectivity index (χ3n) is 5.70. The Balaban J connectivity index is 1.33. The van der Waals surface area contributed by atoms with Crippen molar-refractivity contribution in [2.45, 2.75) is 29.7 Å². The molecular formula is C21H21ClN2O3S2. The van der Waals surface area contributed by atoms with Gasteiger partial charge in [-0.25, -0.2) is 8.42 Å². The van der Waals surface area contributed by atoms with Crippen LogP contribution in [0.2, 0.25) is 5.02 Å². The summed E-state index contributed by atoms with van der Waals surface area (Å²) in [5.74, 6) is 0. The van der Waals surface area contributed by atoms with E-state index in [1.807, 2.05) is 42.5 Å². The van der Waals surface area contributed by atoms with Crippen LogP contribution in [0.5, 0.6) is 0 Å². The van der Waals surface area contributed by atoms with E-state index in [9.17, 15) is 8.42 Å². The first-order valence-electron chi connectivity index (χ1n) is 9.64. The van der Waals surface area contributed by atoms with Crippen LogP contribution in [0.15, 0.2) is 52.7 Å². The van der Waals surface area contributed by atoms with E-state index in [0.29, 0.717) is 35.7 Å². The van der Waals surface area contributed by atoms with Crippen LogP contribution in [0, 0.1) is 0 Å². The van der Waals surface area contributed by atoms with Crippen molar-refractivity contribution < 1.29 is 13.2 Å². The average Bonchev–Trinajstić information content (AvgIpc) is 3.18. The highest BCUT2D eigenvalue weighted by Crippen LogP contribution is 2.35. The van der Waals surface area contributed by atoms with Crippen LogP contribution >= 0.6 is 22.9 Å². The fraction of sp³-hybridized carbons (Fsp3) is 0.333. The monoisotopic (exact) mass is 448 g/mol. The number of nitrogens with zero attached hydrogens (tertiary/aromatic N) is 2. The van der Waals surface area contributed by atoms with Gasteiger partial charge >= 0.3 is 0 Å².